The summed E-state index contributed by atoms with van der Waals surface area (Å²) >= 11 is 6.22. The molecule has 2 rings (SSSR count). The van der Waals surface area contributed by atoms with Crippen LogP contribution < -0.4 is 10.1 Å². The first-order valence-electron chi connectivity index (χ1n) is 6.91. The minimum absolute atomic E-state index is 0.773. The van der Waals surface area contributed by atoms with Crippen molar-refractivity contribution in [1.82, 2.24) is 10.2 Å². The fraction of sp³-hybridized carbons (Fsp3) is 0.600. The van der Waals surface area contributed by atoms with Crippen LogP contribution in [0.25, 0.3) is 0 Å². The van der Waals surface area contributed by atoms with Crippen LogP contribution in [-0.4, -0.2) is 38.7 Å². The zero-order chi connectivity index (χ0) is 13.7. The van der Waals surface area contributed by atoms with E-state index < -0.39 is 0 Å². The maximum absolute atomic E-state index is 6.22. The molecule has 0 radical (unpaired) electrons. The minimum Gasteiger partial charge on any atom is -0.496 e. The molecule has 0 bridgehead atoms. The molecule has 0 atom stereocenters. The van der Waals surface area contributed by atoms with Crippen molar-refractivity contribution in [2.24, 2.45) is 5.92 Å². The average Bonchev–Trinajstić information content (AvgIpc) is 2.42. The molecule has 1 N–H and O–H groups in total. The fourth-order valence-electron chi connectivity index (χ4n) is 2.57. The maximum Gasteiger partial charge on any atom is 0.124 e. The van der Waals surface area contributed by atoms with Gasteiger partial charge in [0.15, 0.2) is 0 Å². The van der Waals surface area contributed by atoms with Gasteiger partial charge in [-0.15, -0.1) is 0 Å². The van der Waals surface area contributed by atoms with E-state index in [1.54, 1.807) is 7.11 Å². The summed E-state index contributed by atoms with van der Waals surface area (Å²) in [5, 5.41) is 4.29. The Labute approximate surface area is 120 Å². The molecule has 0 spiro atoms. The molecule has 1 aromatic rings. The van der Waals surface area contributed by atoms with Crippen LogP contribution in [-0.2, 0) is 6.54 Å². The molecular formula is C15H23ClN2O. The number of methoxy groups -OCH3 is 1. The van der Waals surface area contributed by atoms with Gasteiger partial charge < -0.3 is 15.0 Å². The SMILES string of the molecule is COc1cccc(Cl)c1CNCC1CCN(C)CC1. The van der Waals surface area contributed by atoms with Crippen LogP contribution in [0.15, 0.2) is 18.2 Å². The van der Waals surface area contributed by atoms with Crippen LogP contribution in [0.1, 0.15) is 18.4 Å². The van der Waals surface area contributed by atoms with Crippen molar-refractivity contribution in [3.05, 3.63) is 28.8 Å². The van der Waals surface area contributed by atoms with Gasteiger partial charge in [0.25, 0.3) is 0 Å². The summed E-state index contributed by atoms with van der Waals surface area (Å²) in [4.78, 5) is 2.40. The lowest BCUT2D eigenvalue weighted by Gasteiger charge is -2.29. The highest BCUT2D eigenvalue weighted by molar-refractivity contribution is 6.31. The normalized spacial score (nSPS) is 17.6. The lowest BCUT2D eigenvalue weighted by molar-refractivity contribution is 0.216. The molecule has 1 aromatic carbocycles. The quantitative estimate of drug-likeness (QED) is 0.899. The Balaban J connectivity index is 1.82. The average molecular weight is 283 g/mol. The van der Waals surface area contributed by atoms with Crippen molar-refractivity contribution in [2.45, 2.75) is 19.4 Å². The van der Waals surface area contributed by atoms with Gasteiger partial charge in [0.2, 0.25) is 0 Å². The standard InChI is InChI=1S/C15H23ClN2O/c1-18-8-6-12(7-9-18)10-17-11-13-14(16)4-3-5-15(13)19-2/h3-5,12,17H,6-11H2,1-2H3. The molecule has 0 saturated carbocycles. The summed E-state index contributed by atoms with van der Waals surface area (Å²) in [6.45, 7) is 4.25. The molecule has 1 aliphatic rings. The number of hydrogen-bond acceptors (Lipinski definition) is 3. The number of likely N-dealkylation sites (tertiary alicyclic amines) is 1. The third-order valence-electron chi connectivity index (χ3n) is 3.87. The highest BCUT2D eigenvalue weighted by atomic mass is 35.5. The number of piperidine rings is 1. The topological polar surface area (TPSA) is 24.5 Å². The zero-order valence-corrected chi connectivity index (χ0v) is 12.5. The molecule has 0 aliphatic carbocycles. The van der Waals surface area contributed by atoms with Gasteiger partial charge in [-0.05, 0) is 57.6 Å². The van der Waals surface area contributed by atoms with Gasteiger partial charge in [0, 0.05) is 17.1 Å². The van der Waals surface area contributed by atoms with Crippen LogP contribution in [0.5, 0.6) is 5.75 Å². The highest BCUT2D eigenvalue weighted by Gasteiger charge is 2.16. The summed E-state index contributed by atoms with van der Waals surface area (Å²) in [6.07, 6.45) is 2.56. The third kappa shape index (κ3) is 4.10. The molecule has 1 heterocycles. The summed E-state index contributed by atoms with van der Waals surface area (Å²) in [5.74, 6) is 1.65. The molecule has 0 aromatic heterocycles. The monoisotopic (exact) mass is 282 g/mol. The van der Waals surface area contributed by atoms with Gasteiger partial charge in [-0.25, -0.2) is 0 Å². The Bertz CT molecular complexity index is 403. The summed E-state index contributed by atoms with van der Waals surface area (Å²) in [7, 11) is 3.88. The van der Waals surface area contributed by atoms with Gasteiger partial charge >= 0.3 is 0 Å². The molecule has 1 aliphatic heterocycles. The van der Waals surface area contributed by atoms with Crippen LogP contribution in [0.2, 0.25) is 5.02 Å². The second kappa shape index (κ2) is 7.13. The maximum atomic E-state index is 6.22. The van der Waals surface area contributed by atoms with Gasteiger partial charge in [-0.1, -0.05) is 17.7 Å². The number of halogens is 1. The number of nitrogens with one attached hydrogen (secondary N) is 1. The third-order valence-corrected chi connectivity index (χ3v) is 4.22. The summed E-state index contributed by atoms with van der Waals surface area (Å²) in [5.41, 5.74) is 1.06. The Morgan fingerprint density at radius 3 is 2.79 bits per heavy atom. The van der Waals surface area contributed by atoms with E-state index in [1.165, 1.54) is 25.9 Å². The minimum atomic E-state index is 0.773. The molecule has 4 heteroatoms. The van der Waals surface area contributed by atoms with Crippen molar-refractivity contribution in [2.75, 3.05) is 33.8 Å². The van der Waals surface area contributed by atoms with Crippen LogP contribution in [0.3, 0.4) is 0 Å². The fourth-order valence-corrected chi connectivity index (χ4v) is 2.80. The van der Waals surface area contributed by atoms with E-state index in [2.05, 4.69) is 17.3 Å². The summed E-state index contributed by atoms with van der Waals surface area (Å²) < 4.78 is 5.35. The van der Waals surface area contributed by atoms with Crippen molar-refractivity contribution in [3.63, 3.8) is 0 Å². The first kappa shape index (κ1) is 14.6. The van der Waals surface area contributed by atoms with Crippen molar-refractivity contribution in [3.8, 4) is 5.75 Å². The number of hydrogen-bond donors (Lipinski definition) is 1. The molecule has 0 unspecified atom stereocenters. The predicted octanol–water partition coefficient (Wildman–Crippen LogP) is 2.78. The smallest absolute Gasteiger partial charge is 0.124 e. The largest absolute Gasteiger partial charge is 0.496 e. The van der Waals surface area contributed by atoms with E-state index in [-0.39, 0.29) is 0 Å². The molecule has 0 amide bonds. The Morgan fingerprint density at radius 1 is 1.37 bits per heavy atom. The van der Waals surface area contributed by atoms with E-state index in [4.69, 9.17) is 16.3 Å². The molecule has 1 saturated heterocycles. The summed E-state index contributed by atoms with van der Waals surface area (Å²) in [6, 6.07) is 5.79. The van der Waals surface area contributed by atoms with Gasteiger partial charge in [-0.2, -0.15) is 0 Å². The van der Waals surface area contributed by atoms with Crippen LogP contribution in [0.4, 0.5) is 0 Å². The van der Waals surface area contributed by atoms with E-state index in [9.17, 15) is 0 Å². The van der Waals surface area contributed by atoms with Crippen molar-refractivity contribution < 1.29 is 4.74 Å². The lowest BCUT2D eigenvalue weighted by atomic mass is 9.97. The molecule has 19 heavy (non-hydrogen) atoms. The first-order valence-corrected chi connectivity index (χ1v) is 7.29. The van der Waals surface area contributed by atoms with E-state index in [0.29, 0.717) is 0 Å². The van der Waals surface area contributed by atoms with E-state index in [0.717, 1.165) is 35.3 Å². The number of ether oxygens (including phenoxy) is 1. The molecule has 3 nitrogen and oxygen atoms in total. The lowest BCUT2D eigenvalue weighted by Crippen LogP contribution is -2.34. The number of nitrogens with zero attached hydrogens (tertiary/aromatic N) is 1. The number of rotatable bonds is 5. The highest BCUT2D eigenvalue weighted by Crippen LogP contribution is 2.26. The number of benzene rings is 1. The van der Waals surface area contributed by atoms with Crippen LogP contribution >= 0.6 is 11.6 Å². The molecular weight excluding hydrogens is 260 g/mol. The Hall–Kier alpha value is -0.770. The second-order valence-electron chi connectivity index (χ2n) is 5.30. The Kier molecular flexibility index (Phi) is 5.49. The van der Waals surface area contributed by atoms with Crippen LogP contribution in [0, 0.1) is 5.92 Å². The van der Waals surface area contributed by atoms with Gasteiger partial charge in [-0.3, -0.25) is 0 Å². The second-order valence-corrected chi connectivity index (χ2v) is 5.71. The predicted molar refractivity (Wildman–Crippen MR) is 79.9 cm³/mol. The Morgan fingerprint density at radius 2 is 2.11 bits per heavy atom. The zero-order valence-electron chi connectivity index (χ0n) is 11.8. The van der Waals surface area contributed by atoms with Gasteiger partial charge in [0.1, 0.15) is 5.75 Å². The van der Waals surface area contributed by atoms with Gasteiger partial charge in [0.05, 0.1) is 7.11 Å². The molecule has 106 valence electrons. The van der Waals surface area contributed by atoms with E-state index in [1.807, 2.05) is 18.2 Å². The first-order chi connectivity index (χ1) is 9.20. The molecule has 1 fully saturated rings. The van der Waals surface area contributed by atoms with Crippen molar-refractivity contribution in [1.29, 1.82) is 0 Å². The van der Waals surface area contributed by atoms with Crippen molar-refractivity contribution >= 4 is 11.6 Å². The van der Waals surface area contributed by atoms with E-state index >= 15 is 0 Å².